The van der Waals surface area contributed by atoms with Gasteiger partial charge in [0, 0.05) is 15.8 Å². The van der Waals surface area contributed by atoms with Crippen LogP contribution in [0.25, 0.3) is 6.08 Å². The first-order chi connectivity index (χ1) is 15.8. The molecule has 0 N–H and O–H groups in total. The summed E-state index contributed by atoms with van der Waals surface area (Å²) in [5.41, 5.74) is 1.76. The van der Waals surface area contributed by atoms with Crippen LogP contribution in [0.3, 0.4) is 0 Å². The van der Waals surface area contributed by atoms with Crippen molar-refractivity contribution in [2.75, 3.05) is 7.11 Å². The number of aromatic nitrogens is 1. The molecule has 0 saturated carbocycles. The topological polar surface area (TPSA) is 59.5 Å². The summed E-state index contributed by atoms with van der Waals surface area (Å²) in [6, 6.07) is 12.7. The minimum atomic E-state index is -0.395. The van der Waals surface area contributed by atoms with Crippen LogP contribution in [0.15, 0.2) is 51.7 Å². The van der Waals surface area contributed by atoms with Gasteiger partial charge in [-0.25, -0.2) is 4.98 Å². The third-order valence-electron chi connectivity index (χ3n) is 4.59. The van der Waals surface area contributed by atoms with Crippen molar-refractivity contribution in [1.29, 1.82) is 0 Å². The summed E-state index contributed by atoms with van der Waals surface area (Å²) in [6.07, 6.45) is 1.62. The second kappa shape index (κ2) is 10.7. The van der Waals surface area contributed by atoms with E-state index in [1.807, 2.05) is 24.3 Å². The molecule has 1 fully saturated rings. The van der Waals surface area contributed by atoms with Crippen LogP contribution in [-0.4, -0.2) is 28.1 Å². The molecule has 0 spiro atoms. The van der Waals surface area contributed by atoms with Gasteiger partial charge < -0.3 is 4.74 Å². The number of imide groups is 1. The Hall–Kier alpha value is -1.68. The molecule has 1 aliphatic heterocycles. The molecule has 0 atom stereocenters. The summed E-state index contributed by atoms with van der Waals surface area (Å²) in [6.45, 7) is 0.0669. The fraction of sp³-hybridized carbons (Fsp3) is 0.136. The lowest BCUT2D eigenvalue weighted by Gasteiger charge is -2.13. The highest BCUT2D eigenvalue weighted by molar-refractivity contribution is 8.18. The number of rotatable bonds is 7. The molecule has 5 nitrogen and oxygen atoms in total. The van der Waals surface area contributed by atoms with Crippen LogP contribution < -0.4 is 4.74 Å². The van der Waals surface area contributed by atoms with E-state index in [1.165, 1.54) is 11.3 Å². The number of ether oxygens (including phenoxy) is 1. The SMILES string of the molecule is COc1ccc(CSc2nc(Cl)c(/C=C3/SC(=O)N(Cc4ccc(Cl)cc4Cl)C3=O)s2)cc1. The van der Waals surface area contributed by atoms with Gasteiger partial charge in [0.2, 0.25) is 0 Å². The zero-order valence-corrected chi connectivity index (χ0v) is 21.7. The fourth-order valence-corrected chi connectivity index (χ4v) is 6.56. The molecule has 3 aromatic rings. The number of thioether (sulfide) groups is 2. The number of nitrogens with zero attached hydrogens (tertiary/aromatic N) is 2. The second-order valence-corrected chi connectivity index (χ2v) is 11.2. The van der Waals surface area contributed by atoms with Crippen molar-refractivity contribution in [2.45, 2.75) is 16.6 Å². The van der Waals surface area contributed by atoms with Crippen molar-refractivity contribution in [2.24, 2.45) is 0 Å². The van der Waals surface area contributed by atoms with Crippen LogP contribution in [0.1, 0.15) is 16.0 Å². The van der Waals surface area contributed by atoms with E-state index in [4.69, 9.17) is 39.5 Å². The number of methoxy groups -OCH3 is 1. The first-order valence-electron chi connectivity index (χ1n) is 9.45. The molecule has 0 radical (unpaired) electrons. The molecule has 170 valence electrons. The van der Waals surface area contributed by atoms with Gasteiger partial charge in [0.25, 0.3) is 11.1 Å². The number of carbonyl (C=O) groups is 2. The number of halogens is 3. The van der Waals surface area contributed by atoms with Crippen LogP contribution in [0, 0.1) is 0 Å². The summed E-state index contributed by atoms with van der Waals surface area (Å²) in [5, 5.41) is 0.810. The van der Waals surface area contributed by atoms with Crippen LogP contribution in [0.4, 0.5) is 4.79 Å². The first kappa shape index (κ1) is 24.4. The zero-order chi connectivity index (χ0) is 23.5. The van der Waals surface area contributed by atoms with E-state index in [1.54, 1.807) is 43.1 Å². The standard InChI is InChI=1S/C22H15Cl3N2O3S3/c1-30-15-6-2-12(3-7-15)11-31-21-26-19(25)17(32-21)9-18-20(28)27(22(29)33-18)10-13-4-5-14(23)8-16(13)24/h2-9H,10-11H2,1H3/b18-9+. The highest BCUT2D eigenvalue weighted by Gasteiger charge is 2.35. The molecule has 1 saturated heterocycles. The highest BCUT2D eigenvalue weighted by atomic mass is 35.5. The summed E-state index contributed by atoms with van der Waals surface area (Å²) in [4.78, 5) is 31.8. The average Bonchev–Trinajstić information content (AvgIpc) is 3.27. The molecule has 2 amide bonds. The average molecular weight is 558 g/mol. The highest BCUT2D eigenvalue weighted by Crippen LogP contribution is 2.38. The van der Waals surface area contributed by atoms with Crippen molar-refractivity contribution in [3.63, 3.8) is 0 Å². The maximum Gasteiger partial charge on any atom is 0.293 e. The van der Waals surface area contributed by atoms with Gasteiger partial charge in [-0.2, -0.15) is 0 Å². The van der Waals surface area contributed by atoms with E-state index in [2.05, 4.69) is 4.98 Å². The zero-order valence-electron chi connectivity index (χ0n) is 17.0. The molecule has 2 aromatic carbocycles. The third-order valence-corrected chi connectivity index (χ3v) is 8.70. The van der Waals surface area contributed by atoms with Crippen molar-refractivity contribution < 1.29 is 14.3 Å². The first-order valence-corrected chi connectivity index (χ1v) is 13.2. The minimum Gasteiger partial charge on any atom is -0.497 e. The van der Waals surface area contributed by atoms with E-state index in [0.717, 1.165) is 32.3 Å². The van der Waals surface area contributed by atoms with Crippen LogP contribution in [0.5, 0.6) is 5.75 Å². The maximum absolute atomic E-state index is 12.9. The van der Waals surface area contributed by atoms with Crippen molar-refractivity contribution >= 4 is 86.9 Å². The minimum absolute atomic E-state index is 0.0669. The summed E-state index contributed by atoms with van der Waals surface area (Å²) in [5.74, 6) is 1.12. The lowest BCUT2D eigenvalue weighted by atomic mass is 10.2. The van der Waals surface area contributed by atoms with Crippen molar-refractivity contribution in [3.8, 4) is 5.75 Å². The van der Waals surface area contributed by atoms with E-state index in [9.17, 15) is 9.59 Å². The Morgan fingerprint density at radius 1 is 1.12 bits per heavy atom. The molecule has 11 heteroatoms. The van der Waals surface area contributed by atoms with Gasteiger partial charge in [-0.3, -0.25) is 14.5 Å². The Bertz CT molecular complexity index is 1250. The lowest BCUT2D eigenvalue weighted by molar-refractivity contribution is -0.123. The smallest absolute Gasteiger partial charge is 0.293 e. The Kier molecular flexibility index (Phi) is 7.94. The number of thiazole rings is 1. The summed E-state index contributed by atoms with van der Waals surface area (Å²) in [7, 11) is 1.63. The number of carbonyl (C=O) groups excluding carboxylic acids is 2. The molecular weight excluding hydrogens is 543 g/mol. The second-order valence-electron chi connectivity index (χ2n) is 6.78. The molecule has 33 heavy (non-hydrogen) atoms. The molecule has 0 bridgehead atoms. The quantitative estimate of drug-likeness (QED) is 0.220. The van der Waals surface area contributed by atoms with Gasteiger partial charge in [0.05, 0.1) is 23.4 Å². The Morgan fingerprint density at radius 2 is 1.88 bits per heavy atom. The van der Waals surface area contributed by atoms with Crippen LogP contribution in [-0.2, 0) is 17.1 Å². The molecular formula is C22H15Cl3N2O3S3. The Labute approximate surface area is 218 Å². The van der Waals surface area contributed by atoms with E-state index in [0.29, 0.717) is 36.3 Å². The monoisotopic (exact) mass is 556 g/mol. The Morgan fingerprint density at radius 3 is 2.58 bits per heavy atom. The van der Waals surface area contributed by atoms with E-state index in [-0.39, 0.29) is 11.8 Å². The van der Waals surface area contributed by atoms with Crippen LogP contribution in [0.2, 0.25) is 15.2 Å². The van der Waals surface area contributed by atoms with Crippen LogP contribution >= 0.6 is 69.7 Å². The third kappa shape index (κ3) is 5.88. The van der Waals surface area contributed by atoms with E-state index < -0.39 is 5.91 Å². The predicted molar refractivity (Wildman–Crippen MR) is 138 cm³/mol. The van der Waals surface area contributed by atoms with Crippen molar-refractivity contribution in [1.82, 2.24) is 9.88 Å². The Balaban J connectivity index is 1.45. The molecule has 1 aliphatic rings. The van der Waals surface area contributed by atoms with Crippen molar-refractivity contribution in [3.05, 3.63) is 78.6 Å². The maximum atomic E-state index is 12.9. The number of amides is 2. The fourth-order valence-electron chi connectivity index (χ4n) is 2.89. The normalized spacial score (nSPS) is 15.0. The summed E-state index contributed by atoms with van der Waals surface area (Å²) >= 11 is 22.2. The number of hydrogen-bond acceptors (Lipinski definition) is 7. The molecule has 2 heterocycles. The molecule has 0 aliphatic carbocycles. The molecule has 4 rings (SSSR count). The summed E-state index contributed by atoms with van der Waals surface area (Å²) < 4.78 is 5.94. The largest absolute Gasteiger partial charge is 0.497 e. The lowest BCUT2D eigenvalue weighted by Crippen LogP contribution is -2.27. The number of hydrogen-bond donors (Lipinski definition) is 0. The van der Waals surface area contributed by atoms with Gasteiger partial charge in [-0.05, 0) is 53.2 Å². The predicted octanol–water partition coefficient (Wildman–Crippen LogP) is 7.64. The molecule has 1 aromatic heterocycles. The van der Waals surface area contributed by atoms with Gasteiger partial charge >= 0.3 is 0 Å². The van der Waals surface area contributed by atoms with Gasteiger partial charge in [0.1, 0.15) is 10.9 Å². The van der Waals surface area contributed by atoms with Gasteiger partial charge in [-0.1, -0.05) is 64.8 Å². The van der Waals surface area contributed by atoms with E-state index >= 15 is 0 Å². The molecule has 0 unspecified atom stereocenters. The van der Waals surface area contributed by atoms with Gasteiger partial charge in [-0.15, -0.1) is 11.3 Å². The number of benzene rings is 2. The van der Waals surface area contributed by atoms with Gasteiger partial charge in [0.15, 0.2) is 4.34 Å².